The van der Waals surface area contributed by atoms with Crippen LogP contribution in [0.2, 0.25) is 0 Å². The van der Waals surface area contributed by atoms with Crippen LogP contribution in [0.15, 0.2) is 42.6 Å². The van der Waals surface area contributed by atoms with E-state index in [1.807, 2.05) is 0 Å². The minimum atomic E-state index is -0.826. The largest absolute Gasteiger partial charge is 0.494 e. The van der Waals surface area contributed by atoms with E-state index in [9.17, 15) is 9.50 Å². The van der Waals surface area contributed by atoms with E-state index in [1.54, 1.807) is 42.6 Å². The highest BCUT2D eigenvalue weighted by Gasteiger charge is 2.14. The number of benzene rings is 1. The molecule has 1 atom stereocenters. The number of aliphatic hydroxyl groups is 1. The Hall–Kier alpha value is -1.94. The van der Waals surface area contributed by atoms with Crippen molar-refractivity contribution in [3.05, 3.63) is 59.7 Å². The van der Waals surface area contributed by atoms with Crippen LogP contribution in [-0.4, -0.2) is 17.2 Å². The molecule has 18 heavy (non-hydrogen) atoms. The molecule has 0 spiro atoms. The molecule has 4 heteroatoms. The molecule has 2 aromatic rings. The number of hydrogen-bond donors (Lipinski definition) is 1. The summed E-state index contributed by atoms with van der Waals surface area (Å²) in [6.45, 7) is 0. The maximum absolute atomic E-state index is 13.9. The van der Waals surface area contributed by atoms with Crippen molar-refractivity contribution in [3.63, 3.8) is 0 Å². The Bertz CT molecular complexity index is 516. The fourth-order valence-corrected chi connectivity index (χ4v) is 1.76. The minimum absolute atomic E-state index is 0.167. The first-order valence-corrected chi connectivity index (χ1v) is 5.62. The molecule has 0 fully saturated rings. The second-order valence-electron chi connectivity index (χ2n) is 3.91. The zero-order valence-corrected chi connectivity index (χ0v) is 10.0. The first-order valence-electron chi connectivity index (χ1n) is 5.62. The monoisotopic (exact) mass is 247 g/mol. The van der Waals surface area contributed by atoms with Crippen LogP contribution >= 0.6 is 0 Å². The fourth-order valence-electron chi connectivity index (χ4n) is 1.76. The van der Waals surface area contributed by atoms with E-state index >= 15 is 0 Å². The van der Waals surface area contributed by atoms with Crippen LogP contribution in [0.25, 0.3) is 0 Å². The predicted octanol–water partition coefficient (Wildman–Crippen LogP) is 2.51. The highest BCUT2D eigenvalue weighted by Crippen LogP contribution is 2.24. The number of rotatable bonds is 4. The molecule has 3 nitrogen and oxygen atoms in total. The zero-order valence-electron chi connectivity index (χ0n) is 10.0. The topological polar surface area (TPSA) is 42.4 Å². The molecule has 0 saturated heterocycles. The van der Waals surface area contributed by atoms with Crippen molar-refractivity contribution in [3.8, 4) is 5.75 Å². The lowest BCUT2D eigenvalue weighted by atomic mass is 10.0. The molecular formula is C14H14FNO2. The first kappa shape index (κ1) is 12.5. The lowest BCUT2D eigenvalue weighted by Gasteiger charge is -2.12. The van der Waals surface area contributed by atoms with Crippen molar-refractivity contribution < 1.29 is 14.2 Å². The van der Waals surface area contributed by atoms with Gasteiger partial charge in [-0.1, -0.05) is 18.2 Å². The summed E-state index contributed by atoms with van der Waals surface area (Å²) in [5.41, 5.74) is 0.937. The zero-order chi connectivity index (χ0) is 13.0. The van der Waals surface area contributed by atoms with Gasteiger partial charge >= 0.3 is 0 Å². The molecule has 1 aromatic heterocycles. The summed E-state index contributed by atoms with van der Waals surface area (Å²) in [6.07, 6.45) is 0.938. The van der Waals surface area contributed by atoms with Crippen LogP contribution in [0.3, 0.4) is 0 Å². The molecule has 0 aliphatic carbocycles. The van der Waals surface area contributed by atoms with E-state index in [2.05, 4.69) is 4.98 Å². The number of aromatic nitrogens is 1. The predicted molar refractivity (Wildman–Crippen MR) is 65.9 cm³/mol. The Labute approximate surface area is 105 Å². The molecule has 0 amide bonds. The van der Waals surface area contributed by atoms with Gasteiger partial charge in [0.25, 0.3) is 0 Å². The van der Waals surface area contributed by atoms with Crippen molar-refractivity contribution in [1.82, 2.24) is 4.98 Å². The Balaban J connectivity index is 2.19. The second-order valence-corrected chi connectivity index (χ2v) is 3.91. The summed E-state index contributed by atoms with van der Waals surface area (Å²) in [5, 5.41) is 9.99. The van der Waals surface area contributed by atoms with Gasteiger partial charge < -0.3 is 9.84 Å². The number of methoxy groups -OCH3 is 1. The normalized spacial score (nSPS) is 12.2. The molecule has 2 rings (SSSR count). The maximum atomic E-state index is 13.9. The highest BCUT2D eigenvalue weighted by atomic mass is 19.1. The van der Waals surface area contributed by atoms with Gasteiger partial charge in [0.2, 0.25) is 0 Å². The van der Waals surface area contributed by atoms with Gasteiger partial charge in [-0.3, -0.25) is 4.98 Å². The molecule has 0 bridgehead atoms. The third-order valence-corrected chi connectivity index (χ3v) is 2.71. The second kappa shape index (κ2) is 5.60. The number of pyridine rings is 1. The smallest absolute Gasteiger partial charge is 0.168 e. The van der Waals surface area contributed by atoms with Gasteiger partial charge in [-0.25, -0.2) is 4.39 Å². The molecule has 0 aliphatic rings. The summed E-state index contributed by atoms with van der Waals surface area (Å²) in [4.78, 5) is 4.04. The van der Waals surface area contributed by atoms with Crippen molar-refractivity contribution in [2.75, 3.05) is 7.11 Å². The minimum Gasteiger partial charge on any atom is -0.494 e. The van der Waals surface area contributed by atoms with E-state index in [0.29, 0.717) is 11.3 Å². The summed E-state index contributed by atoms with van der Waals surface area (Å²) in [5.74, 6) is -0.254. The lowest BCUT2D eigenvalue weighted by Crippen LogP contribution is -2.06. The summed E-state index contributed by atoms with van der Waals surface area (Å²) in [7, 11) is 1.41. The molecule has 0 radical (unpaired) electrons. The van der Waals surface area contributed by atoms with Crippen LogP contribution < -0.4 is 4.74 Å². The molecule has 1 N–H and O–H groups in total. The lowest BCUT2D eigenvalue weighted by molar-refractivity contribution is 0.172. The quantitative estimate of drug-likeness (QED) is 0.902. The molecule has 1 heterocycles. The summed E-state index contributed by atoms with van der Waals surface area (Å²) < 4.78 is 18.8. The average Bonchev–Trinajstić information content (AvgIpc) is 2.42. The summed E-state index contributed by atoms with van der Waals surface area (Å²) in [6, 6.07) is 10.1. The SMILES string of the molecule is COc1cccc(CC(O)c2ccccn2)c1F. The maximum Gasteiger partial charge on any atom is 0.168 e. The van der Waals surface area contributed by atoms with E-state index in [0.717, 1.165) is 0 Å². The van der Waals surface area contributed by atoms with Crippen LogP contribution in [0.1, 0.15) is 17.4 Å². The van der Waals surface area contributed by atoms with Gasteiger partial charge in [0.05, 0.1) is 12.8 Å². The summed E-state index contributed by atoms with van der Waals surface area (Å²) >= 11 is 0. The number of aliphatic hydroxyl groups excluding tert-OH is 1. The molecule has 1 unspecified atom stereocenters. The first-order chi connectivity index (χ1) is 8.72. The van der Waals surface area contributed by atoms with Gasteiger partial charge in [-0.05, 0) is 23.8 Å². The third kappa shape index (κ3) is 2.65. The van der Waals surface area contributed by atoms with Crippen molar-refractivity contribution >= 4 is 0 Å². The van der Waals surface area contributed by atoms with E-state index in [1.165, 1.54) is 7.11 Å². The van der Waals surface area contributed by atoms with E-state index < -0.39 is 11.9 Å². The Morgan fingerprint density at radius 2 is 2.11 bits per heavy atom. The molecule has 0 saturated carbocycles. The van der Waals surface area contributed by atoms with Gasteiger partial charge in [0.15, 0.2) is 11.6 Å². The van der Waals surface area contributed by atoms with Gasteiger partial charge in [-0.2, -0.15) is 0 Å². The van der Waals surface area contributed by atoms with Crippen LogP contribution in [0, 0.1) is 5.82 Å². The van der Waals surface area contributed by atoms with Gasteiger partial charge in [0, 0.05) is 12.6 Å². The molecule has 94 valence electrons. The standard InChI is InChI=1S/C14H14FNO2/c1-18-13-7-4-5-10(14(13)15)9-12(17)11-6-2-3-8-16-11/h2-8,12,17H,9H2,1H3. The van der Waals surface area contributed by atoms with Gasteiger partial charge in [-0.15, -0.1) is 0 Å². The number of halogens is 1. The van der Waals surface area contributed by atoms with Crippen molar-refractivity contribution in [2.45, 2.75) is 12.5 Å². The molecule has 0 aliphatic heterocycles. The number of ether oxygens (including phenoxy) is 1. The van der Waals surface area contributed by atoms with Crippen LogP contribution in [-0.2, 0) is 6.42 Å². The Morgan fingerprint density at radius 1 is 1.28 bits per heavy atom. The Morgan fingerprint density at radius 3 is 2.78 bits per heavy atom. The van der Waals surface area contributed by atoms with Crippen molar-refractivity contribution in [1.29, 1.82) is 0 Å². The molecular weight excluding hydrogens is 233 g/mol. The average molecular weight is 247 g/mol. The third-order valence-electron chi connectivity index (χ3n) is 2.71. The van der Waals surface area contributed by atoms with Crippen LogP contribution in [0.5, 0.6) is 5.75 Å². The number of hydrogen-bond acceptors (Lipinski definition) is 3. The number of nitrogens with zero attached hydrogens (tertiary/aromatic N) is 1. The fraction of sp³-hybridized carbons (Fsp3) is 0.214. The Kier molecular flexibility index (Phi) is 3.89. The van der Waals surface area contributed by atoms with Crippen LogP contribution in [0.4, 0.5) is 4.39 Å². The molecule has 1 aromatic carbocycles. The van der Waals surface area contributed by atoms with E-state index in [4.69, 9.17) is 4.74 Å². The van der Waals surface area contributed by atoms with E-state index in [-0.39, 0.29) is 12.2 Å². The van der Waals surface area contributed by atoms with Gasteiger partial charge in [0.1, 0.15) is 6.10 Å². The highest BCUT2D eigenvalue weighted by molar-refractivity contribution is 5.31. The van der Waals surface area contributed by atoms with Crippen molar-refractivity contribution in [2.24, 2.45) is 0 Å².